The summed E-state index contributed by atoms with van der Waals surface area (Å²) < 4.78 is 26.8. The van der Waals surface area contributed by atoms with E-state index in [4.69, 9.17) is 0 Å². The predicted molar refractivity (Wildman–Crippen MR) is 96.6 cm³/mol. The van der Waals surface area contributed by atoms with Crippen LogP contribution in [0.25, 0.3) is 0 Å². The lowest BCUT2D eigenvalue weighted by Crippen LogP contribution is -2.40. The van der Waals surface area contributed by atoms with Crippen molar-refractivity contribution in [2.45, 2.75) is 44.2 Å². The van der Waals surface area contributed by atoms with E-state index in [0.29, 0.717) is 13.1 Å². The molecule has 0 spiro atoms. The average molecular weight is 376 g/mol. The van der Waals surface area contributed by atoms with Gasteiger partial charge in [-0.25, -0.2) is 13.1 Å². The fourth-order valence-electron chi connectivity index (χ4n) is 2.37. The molecule has 1 heterocycles. The average Bonchev–Trinajstić information content (AvgIpc) is 3.06. The van der Waals surface area contributed by atoms with Gasteiger partial charge in [0.15, 0.2) is 0 Å². The minimum Gasteiger partial charge on any atom is -0.351 e. The van der Waals surface area contributed by atoms with Gasteiger partial charge < -0.3 is 10.6 Å². The van der Waals surface area contributed by atoms with Crippen molar-refractivity contribution in [2.24, 2.45) is 5.92 Å². The second-order valence-electron chi connectivity index (χ2n) is 6.26. The first-order chi connectivity index (χ1) is 10.9. The van der Waals surface area contributed by atoms with Crippen LogP contribution in [-0.2, 0) is 21.4 Å². The maximum atomic E-state index is 12.1. The van der Waals surface area contributed by atoms with Gasteiger partial charge >= 0.3 is 0 Å². The van der Waals surface area contributed by atoms with Gasteiger partial charge in [0.2, 0.25) is 15.9 Å². The maximum absolute atomic E-state index is 12.1. The summed E-state index contributed by atoms with van der Waals surface area (Å²) in [6.45, 7) is 5.60. The Kier molecular flexibility index (Phi) is 8.15. The van der Waals surface area contributed by atoms with Crippen LogP contribution in [0, 0.1) is 5.92 Å². The van der Waals surface area contributed by atoms with E-state index in [1.165, 1.54) is 0 Å². The summed E-state index contributed by atoms with van der Waals surface area (Å²) in [5, 5.41) is 6.02. The lowest BCUT2D eigenvalue weighted by molar-refractivity contribution is -0.122. The molecule has 1 aromatic rings. The first-order valence-electron chi connectivity index (χ1n) is 7.98. The Morgan fingerprint density at radius 3 is 2.50 bits per heavy atom. The topological polar surface area (TPSA) is 87.3 Å². The molecule has 24 heavy (non-hydrogen) atoms. The third-order valence-corrected chi connectivity index (χ3v) is 5.20. The van der Waals surface area contributed by atoms with Crippen molar-refractivity contribution in [1.29, 1.82) is 0 Å². The largest absolute Gasteiger partial charge is 0.351 e. The number of sulfonamides is 1. The minimum atomic E-state index is -3.46. The van der Waals surface area contributed by atoms with E-state index in [9.17, 15) is 13.2 Å². The van der Waals surface area contributed by atoms with Crippen LogP contribution in [0.3, 0.4) is 0 Å². The second kappa shape index (κ2) is 9.36. The molecule has 136 valence electrons. The van der Waals surface area contributed by atoms with Crippen LogP contribution in [0.5, 0.6) is 0 Å². The Balaban J connectivity index is 0.00000288. The van der Waals surface area contributed by atoms with Crippen molar-refractivity contribution in [1.82, 2.24) is 15.4 Å². The molecule has 0 aromatic heterocycles. The molecule has 1 amide bonds. The number of hydrogen-bond donors (Lipinski definition) is 3. The molecule has 1 aliphatic heterocycles. The third-order valence-electron chi connectivity index (χ3n) is 3.76. The predicted octanol–water partition coefficient (Wildman–Crippen LogP) is 1.41. The Hall–Kier alpha value is -1.15. The molecule has 0 saturated carbocycles. The highest BCUT2D eigenvalue weighted by molar-refractivity contribution is 7.89. The van der Waals surface area contributed by atoms with Crippen molar-refractivity contribution in [2.75, 3.05) is 13.1 Å². The van der Waals surface area contributed by atoms with E-state index >= 15 is 0 Å². The van der Waals surface area contributed by atoms with Gasteiger partial charge in [-0.3, -0.25) is 4.79 Å². The zero-order valence-corrected chi connectivity index (χ0v) is 15.7. The summed E-state index contributed by atoms with van der Waals surface area (Å²) in [5.41, 5.74) is 0.874. The van der Waals surface area contributed by atoms with Crippen molar-refractivity contribution >= 4 is 28.3 Å². The summed E-state index contributed by atoms with van der Waals surface area (Å²) in [4.78, 5) is 12.2. The molecule has 1 saturated heterocycles. The van der Waals surface area contributed by atoms with Crippen LogP contribution in [0.1, 0.15) is 32.3 Å². The van der Waals surface area contributed by atoms with Crippen molar-refractivity contribution in [3.63, 3.8) is 0 Å². The fourth-order valence-corrected chi connectivity index (χ4v) is 3.58. The molecule has 3 N–H and O–H groups in total. The number of rotatable bonds is 7. The van der Waals surface area contributed by atoms with E-state index in [1.807, 2.05) is 13.8 Å². The van der Waals surface area contributed by atoms with Crippen molar-refractivity contribution < 1.29 is 13.2 Å². The van der Waals surface area contributed by atoms with Gasteiger partial charge in [0, 0.05) is 13.1 Å². The standard InChI is InChI=1S/C16H25N3O3S.ClH/c1-12(2)10-19-23(21,22)14-7-5-13(6-8-14)11-18-16(20)15-4-3-9-17-15;/h5-8,12,15,17,19H,3-4,9-11H2,1-2H3,(H,18,20);1H. The SMILES string of the molecule is CC(C)CNS(=O)(=O)c1ccc(CNC(=O)C2CCCN2)cc1.Cl. The lowest BCUT2D eigenvalue weighted by atomic mass is 10.2. The van der Waals surface area contributed by atoms with Crippen LogP contribution < -0.4 is 15.4 Å². The number of carbonyl (C=O) groups excluding carboxylic acids is 1. The molecule has 0 bridgehead atoms. The molecular formula is C16H26ClN3O3S. The molecule has 1 unspecified atom stereocenters. The molecule has 0 aliphatic carbocycles. The molecule has 1 aliphatic rings. The highest BCUT2D eigenvalue weighted by Crippen LogP contribution is 2.11. The van der Waals surface area contributed by atoms with E-state index in [0.717, 1.165) is 24.9 Å². The Morgan fingerprint density at radius 2 is 1.96 bits per heavy atom. The lowest BCUT2D eigenvalue weighted by Gasteiger charge is -2.12. The fraction of sp³-hybridized carbons (Fsp3) is 0.562. The minimum absolute atomic E-state index is 0. The summed E-state index contributed by atoms with van der Waals surface area (Å²) in [6, 6.07) is 6.49. The zero-order valence-electron chi connectivity index (χ0n) is 14.0. The second-order valence-corrected chi connectivity index (χ2v) is 8.02. The normalized spacial score (nSPS) is 17.5. The van der Waals surface area contributed by atoms with Crippen molar-refractivity contribution in [3.05, 3.63) is 29.8 Å². The molecule has 1 fully saturated rings. The number of halogens is 1. The van der Waals surface area contributed by atoms with Gasteiger partial charge in [-0.05, 0) is 43.0 Å². The van der Waals surface area contributed by atoms with Gasteiger partial charge in [0.05, 0.1) is 10.9 Å². The smallest absolute Gasteiger partial charge is 0.240 e. The number of benzene rings is 1. The number of hydrogen-bond acceptors (Lipinski definition) is 4. The summed E-state index contributed by atoms with van der Waals surface area (Å²) in [5.74, 6) is 0.251. The number of nitrogens with one attached hydrogen (secondary N) is 3. The Labute approximate surface area is 150 Å². The molecule has 0 radical (unpaired) electrons. The van der Waals surface area contributed by atoms with Crippen LogP contribution in [0.4, 0.5) is 0 Å². The van der Waals surface area contributed by atoms with Gasteiger partial charge in [-0.1, -0.05) is 26.0 Å². The third kappa shape index (κ3) is 6.05. The number of amides is 1. The Bertz CT molecular complexity index is 626. The van der Waals surface area contributed by atoms with E-state index in [1.54, 1.807) is 24.3 Å². The molecule has 2 rings (SSSR count). The van der Waals surface area contributed by atoms with Gasteiger partial charge in [0.25, 0.3) is 0 Å². The maximum Gasteiger partial charge on any atom is 0.240 e. The van der Waals surface area contributed by atoms with Gasteiger partial charge in [0.1, 0.15) is 0 Å². The van der Waals surface area contributed by atoms with Gasteiger partial charge in [-0.2, -0.15) is 0 Å². The van der Waals surface area contributed by atoms with Crippen LogP contribution in [0.15, 0.2) is 29.2 Å². The molecular weight excluding hydrogens is 350 g/mol. The first-order valence-corrected chi connectivity index (χ1v) is 9.46. The highest BCUT2D eigenvalue weighted by Gasteiger charge is 2.21. The van der Waals surface area contributed by atoms with Crippen LogP contribution in [-0.4, -0.2) is 33.5 Å². The van der Waals surface area contributed by atoms with E-state index in [2.05, 4.69) is 15.4 Å². The van der Waals surface area contributed by atoms with E-state index < -0.39 is 10.0 Å². The first kappa shape index (κ1) is 20.9. The molecule has 8 heteroatoms. The Morgan fingerprint density at radius 1 is 1.29 bits per heavy atom. The van der Waals surface area contributed by atoms with Gasteiger partial charge in [-0.15, -0.1) is 12.4 Å². The number of carbonyl (C=O) groups is 1. The summed E-state index contributed by atoms with van der Waals surface area (Å²) in [7, 11) is -3.46. The van der Waals surface area contributed by atoms with Crippen molar-refractivity contribution in [3.8, 4) is 0 Å². The molecule has 6 nitrogen and oxygen atoms in total. The molecule has 1 atom stereocenters. The molecule has 1 aromatic carbocycles. The quantitative estimate of drug-likeness (QED) is 0.672. The van der Waals surface area contributed by atoms with E-state index in [-0.39, 0.29) is 35.2 Å². The highest BCUT2D eigenvalue weighted by atomic mass is 35.5. The monoisotopic (exact) mass is 375 g/mol. The van der Waals surface area contributed by atoms with Crippen LogP contribution in [0.2, 0.25) is 0 Å². The summed E-state index contributed by atoms with van der Waals surface area (Å²) in [6.07, 6.45) is 1.89. The van der Waals surface area contributed by atoms with Crippen LogP contribution >= 0.6 is 12.4 Å². The zero-order chi connectivity index (χ0) is 16.9. The summed E-state index contributed by atoms with van der Waals surface area (Å²) >= 11 is 0.